The second-order valence-corrected chi connectivity index (χ2v) is 5.99. The van der Waals surface area contributed by atoms with Crippen LogP contribution >= 0.6 is 11.7 Å². The van der Waals surface area contributed by atoms with Crippen molar-refractivity contribution in [3.05, 3.63) is 47.3 Å². The quantitative estimate of drug-likeness (QED) is 0.667. The highest BCUT2D eigenvalue weighted by Gasteiger charge is 2.14. The summed E-state index contributed by atoms with van der Waals surface area (Å²) in [5.41, 5.74) is 2.57. The van der Waals surface area contributed by atoms with E-state index in [0.29, 0.717) is 28.0 Å². The van der Waals surface area contributed by atoms with E-state index in [-0.39, 0.29) is 18.0 Å². The molecule has 0 bridgehead atoms. The van der Waals surface area contributed by atoms with Gasteiger partial charge in [0.1, 0.15) is 16.9 Å². The van der Waals surface area contributed by atoms with Gasteiger partial charge in [-0.15, -0.1) is 0 Å². The van der Waals surface area contributed by atoms with Gasteiger partial charge in [0.15, 0.2) is 0 Å². The topological polar surface area (TPSA) is 93.2 Å². The van der Waals surface area contributed by atoms with E-state index in [1.54, 1.807) is 25.1 Å². The number of rotatable bonds is 5. The van der Waals surface area contributed by atoms with Crippen molar-refractivity contribution >= 4 is 46.0 Å². The number of nitrogens with one attached hydrogen (secondary N) is 2. The predicted octanol–water partition coefficient (Wildman–Crippen LogP) is 2.98. The van der Waals surface area contributed by atoms with E-state index in [9.17, 15) is 14.0 Å². The second kappa shape index (κ2) is 7.44. The van der Waals surface area contributed by atoms with Crippen molar-refractivity contribution in [2.24, 2.45) is 0 Å². The molecule has 0 aliphatic rings. The molecule has 0 saturated heterocycles. The largest absolute Gasteiger partial charge is 0.465 e. The number of benzene rings is 2. The molecule has 0 saturated carbocycles. The van der Waals surface area contributed by atoms with Crippen molar-refractivity contribution in [2.75, 3.05) is 24.3 Å². The third-order valence-corrected chi connectivity index (χ3v) is 4.31. The van der Waals surface area contributed by atoms with Crippen LogP contribution in [0, 0.1) is 12.7 Å². The molecule has 9 heteroatoms. The minimum atomic E-state index is -0.654. The zero-order valence-corrected chi connectivity index (χ0v) is 14.8. The molecule has 1 heterocycles. The highest BCUT2D eigenvalue weighted by atomic mass is 32.1. The molecule has 0 spiro atoms. The average Bonchev–Trinajstić information content (AvgIpc) is 3.12. The van der Waals surface area contributed by atoms with Gasteiger partial charge in [-0.25, -0.2) is 9.18 Å². The Bertz CT molecular complexity index is 989. The smallest absolute Gasteiger partial charge is 0.338 e. The summed E-state index contributed by atoms with van der Waals surface area (Å²) in [6.07, 6.45) is 0. The molecule has 3 rings (SSSR count). The number of carbonyl (C=O) groups excluding carboxylic acids is 2. The second-order valence-electron chi connectivity index (χ2n) is 5.46. The van der Waals surface area contributed by atoms with Gasteiger partial charge in [-0.05, 0) is 31.2 Å². The number of nitrogens with zero attached hydrogens (tertiary/aromatic N) is 2. The number of hydrogen-bond donors (Lipinski definition) is 2. The maximum Gasteiger partial charge on any atom is 0.338 e. The van der Waals surface area contributed by atoms with Crippen molar-refractivity contribution in [2.45, 2.75) is 6.92 Å². The lowest BCUT2D eigenvalue weighted by Gasteiger charge is -2.12. The van der Waals surface area contributed by atoms with Gasteiger partial charge in [-0.2, -0.15) is 8.75 Å². The number of esters is 1. The van der Waals surface area contributed by atoms with Crippen LogP contribution in [-0.4, -0.2) is 34.3 Å². The Kier molecular flexibility index (Phi) is 5.08. The van der Waals surface area contributed by atoms with Crippen LogP contribution in [0.3, 0.4) is 0 Å². The van der Waals surface area contributed by atoms with Crippen molar-refractivity contribution < 1.29 is 18.7 Å². The number of amides is 1. The van der Waals surface area contributed by atoms with E-state index in [2.05, 4.69) is 24.1 Å². The third-order valence-electron chi connectivity index (χ3n) is 3.76. The van der Waals surface area contributed by atoms with Crippen molar-refractivity contribution in [1.82, 2.24) is 8.75 Å². The first kappa shape index (κ1) is 17.7. The van der Waals surface area contributed by atoms with Crippen LogP contribution < -0.4 is 10.6 Å². The lowest BCUT2D eigenvalue weighted by Crippen LogP contribution is -2.22. The zero-order chi connectivity index (χ0) is 18.7. The average molecular weight is 374 g/mol. The monoisotopic (exact) mass is 374 g/mol. The van der Waals surface area contributed by atoms with Gasteiger partial charge < -0.3 is 15.4 Å². The number of aromatic nitrogens is 2. The van der Waals surface area contributed by atoms with Gasteiger partial charge in [0.25, 0.3) is 0 Å². The summed E-state index contributed by atoms with van der Waals surface area (Å²) in [6.45, 7) is 1.44. The molecule has 0 atom stereocenters. The summed E-state index contributed by atoms with van der Waals surface area (Å²) in [6, 6.07) is 7.85. The highest BCUT2D eigenvalue weighted by Crippen LogP contribution is 2.22. The summed E-state index contributed by atoms with van der Waals surface area (Å²) in [7, 11) is 1.22. The maximum absolute atomic E-state index is 14.0. The standard InChI is InChI=1S/C17H15FN4O3S/c1-9-11(18)6-10(17(24)25-2)7-14(9)19-8-15(23)20-12-4-3-5-13-16(12)22-26-21-13/h3-7,19H,8H2,1-2H3,(H,20,23). The minimum absolute atomic E-state index is 0.0665. The van der Waals surface area contributed by atoms with Crippen molar-refractivity contribution in [3.63, 3.8) is 0 Å². The van der Waals surface area contributed by atoms with E-state index in [1.807, 2.05) is 0 Å². The lowest BCUT2D eigenvalue weighted by atomic mass is 10.1. The number of anilines is 2. The molecule has 1 amide bonds. The molecular formula is C17H15FN4O3S. The first-order valence-electron chi connectivity index (χ1n) is 7.63. The zero-order valence-electron chi connectivity index (χ0n) is 14.0. The van der Waals surface area contributed by atoms with E-state index in [1.165, 1.54) is 13.2 Å². The fraction of sp³-hybridized carbons (Fsp3) is 0.176. The molecule has 0 unspecified atom stereocenters. The SMILES string of the molecule is COC(=O)c1cc(F)c(C)c(NCC(=O)Nc2cccc3nsnc23)c1. The molecule has 0 aliphatic carbocycles. The molecule has 134 valence electrons. The molecule has 1 aromatic heterocycles. The first-order chi connectivity index (χ1) is 12.5. The summed E-state index contributed by atoms with van der Waals surface area (Å²) < 4.78 is 26.8. The fourth-order valence-electron chi connectivity index (χ4n) is 2.38. The van der Waals surface area contributed by atoms with Gasteiger partial charge in [0, 0.05) is 11.3 Å². The van der Waals surface area contributed by atoms with Crippen LogP contribution in [0.4, 0.5) is 15.8 Å². The Morgan fingerprint density at radius 3 is 2.81 bits per heavy atom. The van der Waals surface area contributed by atoms with Gasteiger partial charge >= 0.3 is 5.97 Å². The van der Waals surface area contributed by atoms with Gasteiger partial charge in [0.05, 0.1) is 36.6 Å². The molecule has 0 fully saturated rings. The number of fused-ring (bicyclic) bond motifs is 1. The summed E-state index contributed by atoms with van der Waals surface area (Å²) in [4.78, 5) is 23.8. The maximum atomic E-state index is 14.0. The predicted molar refractivity (Wildman–Crippen MR) is 97.0 cm³/mol. The summed E-state index contributed by atoms with van der Waals surface area (Å²) in [5, 5.41) is 5.58. The molecule has 26 heavy (non-hydrogen) atoms. The lowest BCUT2D eigenvalue weighted by molar-refractivity contribution is -0.114. The number of carbonyl (C=O) groups is 2. The Hall–Kier alpha value is -3.07. The highest BCUT2D eigenvalue weighted by molar-refractivity contribution is 7.00. The molecule has 2 aromatic carbocycles. The van der Waals surface area contributed by atoms with E-state index >= 15 is 0 Å². The van der Waals surface area contributed by atoms with E-state index in [4.69, 9.17) is 0 Å². The Morgan fingerprint density at radius 1 is 1.23 bits per heavy atom. The van der Waals surface area contributed by atoms with Gasteiger partial charge in [-0.3, -0.25) is 4.79 Å². The van der Waals surface area contributed by atoms with Crippen LogP contribution in [0.5, 0.6) is 0 Å². The summed E-state index contributed by atoms with van der Waals surface area (Å²) >= 11 is 1.06. The van der Waals surface area contributed by atoms with E-state index < -0.39 is 11.8 Å². The molecule has 0 aliphatic heterocycles. The third kappa shape index (κ3) is 3.62. The molecular weight excluding hydrogens is 359 g/mol. The van der Waals surface area contributed by atoms with Crippen LogP contribution in [0.1, 0.15) is 15.9 Å². The number of hydrogen-bond acceptors (Lipinski definition) is 7. The fourth-order valence-corrected chi connectivity index (χ4v) is 2.92. The molecule has 7 nitrogen and oxygen atoms in total. The molecule has 2 N–H and O–H groups in total. The van der Waals surface area contributed by atoms with Crippen LogP contribution in [0.2, 0.25) is 0 Å². The van der Waals surface area contributed by atoms with Crippen molar-refractivity contribution in [1.29, 1.82) is 0 Å². The van der Waals surface area contributed by atoms with Crippen molar-refractivity contribution in [3.8, 4) is 0 Å². The Labute approximate surface area is 152 Å². The van der Waals surface area contributed by atoms with Crippen LogP contribution in [-0.2, 0) is 9.53 Å². The molecule has 3 aromatic rings. The Balaban J connectivity index is 1.72. The van der Waals surface area contributed by atoms with Crippen LogP contribution in [0.25, 0.3) is 11.0 Å². The van der Waals surface area contributed by atoms with Gasteiger partial charge in [-0.1, -0.05) is 6.07 Å². The normalized spacial score (nSPS) is 10.6. The molecule has 0 radical (unpaired) electrons. The number of halogens is 1. The summed E-state index contributed by atoms with van der Waals surface area (Å²) in [5.74, 6) is -1.55. The number of ether oxygens (including phenoxy) is 1. The van der Waals surface area contributed by atoms with Gasteiger partial charge in [0.2, 0.25) is 5.91 Å². The number of methoxy groups -OCH3 is 1. The van der Waals surface area contributed by atoms with Crippen LogP contribution in [0.15, 0.2) is 30.3 Å². The first-order valence-corrected chi connectivity index (χ1v) is 8.36. The Morgan fingerprint density at radius 2 is 2.04 bits per heavy atom. The van der Waals surface area contributed by atoms with E-state index in [0.717, 1.165) is 17.8 Å². The minimum Gasteiger partial charge on any atom is -0.465 e.